The van der Waals surface area contributed by atoms with Crippen molar-refractivity contribution in [2.24, 2.45) is 5.92 Å². The Kier molecular flexibility index (Phi) is 6.46. The fourth-order valence-corrected chi connectivity index (χ4v) is 3.63. The molecule has 0 amide bonds. The second-order valence-corrected chi connectivity index (χ2v) is 5.91. The lowest BCUT2D eigenvalue weighted by Gasteiger charge is -2.33. The zero-order valence-corrected chi connectivity index (χ0v) is 11.9. The smallest absolute Gasteiger partial charge is 0.0462 e. The molecule has 0 bridgehead atoms. The summed E-state index contributed by atoms with van der Waals surface area (Å²) in [6.07, 6.45) is 10.8. The van der Waals surface area contributed by atoms with Crippen LogP contribution in [-0.2, 0) is 4.74 Å². The van der Waals surface area contributed by atoms with Gasteiger partial charge in [-0.3, -0.25) is 0 Å². The van der Waals surface area contributed by atoms with Crippen molar-refractivity contribution >= 4 is 0 Å². The molecule has 3 atom stereocenters. The highest BCUT2D eigenvalue weighted by atomic mass is 16.5. The molecule has 2 N–H and O–H groups in total. The Balaban J connectivity index is 1.66. The minimum Gasteiger partial charge on any atom is -0.385 e. The van der Waals surface area contributed by atoms with Crippen LogP contribution in [0.4, 0.5) is 0 Å². The normalized spacial score (nSPS) is 32.8. The molecule has 0 aromatic carbocycles. The predicted octanol–water partition coefficient (Wildman–Crippen LogP) is 2.31. The molecule has 0 radical (unpaired) electrons. The zero-order chi connectivity index (χ0) is 12.6. The number of ether oxygens (including phenoxy) is 1. The zero-order valence-electron chi connectivity index (χ0n) is 11.9. The van der Waals surface area contributed by atoms with Gasteiger partial charge in [-0.25, -0.2) is 0 Å². The van der Waals surface area contributed by atoms with E-state index in [0.717, 1.165) is 31.2 Å². The molecule has 3 heteroatoms. The Labute approximate surface area is 112 Å². The van der Waals surface area contributed by atoms with Gasteiger partial charge < -0.3 is 15.4 Å². The molecule has 2 fully saturated rings. The summed E-state index contributed by atoms with van der Waals surface area (Å²) in [6.45, 7) is 3.30. The van der Waals surface area contributed by atoms with Crippen molar-refractivity contribution in [2.45, 2.75) is 63.5 Å². The maximum Gasteiger partial charge on any atom is 0.0462 e. The Morgan fingerprint density at radius 2 is 2.06 bits per heavy atom. The van der Waals surface area contributed by atoms with Gasteiger partial charge in [0.1, 0.15) is 0 Å². The van der Waals surface area contributed by atoms with Crippen molar-refractivity contribution in [2.75, 3.05) is 26.8 Å². The van der Waals surface area contributed by atoms with Gasteiger partial charge in [-0.15, -0.1) is 0 Å². The van der Waals surface area contributed by atoms with Gasteiger partial charge in [0.05, 0.1) is 0 Å². The molecule has 0 aromatic heterocycles. The van der Waals surface area contributed by atoms with Gasteiger partial charge in [0.25, 0.3) is 0 Å². The average Bonchev–Trinajstić information content (AvgIpc) is 2.88. The lowest BCUT2D eigenvalue weighted by Crippen LogP contribution is -2.47. The second kappa shape index (κ2) is 8.13. The van der Waals surface area contributed by atoms with E-state index in [-0.39, 0.29) is 0 Å². The van der Waals surface area contributed by atoms with E-state index in [4.69, 9.17) is 4.74 Å². The summed E-state index contributed by atoms with van der Waals surface area (Å²) >= 11 is 0. The first-order valence-corrected chi connectivity index (χ1v) is 7.87. The minimum absolute atomic E-state index is 0.767. The van der Waals surface area contributed by atoms with Crippen LogP contribution < -0.4 is 10.6 Å². The molecule has 1 heterocycles. The van der Waals surface area contributed by atoms with Crippen LogP contribution in [-0.4, -0.2) is 38.9 Å². The van der Waals surface area contributed by atoms with E-state index in [2.05, 4.69) is 10.6 Å². The molecule has 0 spiro atoms. The van der Waals surface area contributed by atoms with Crippen molar-refractivity contribution in [3.05, 3.63) is 0 Å². The van der Waals surface area contributed by atoms with E-state index >= 15 is 0 Å². The van der Waals surface area contributed by atoms with Crippen LogP contribution in [0.25, 0.3) is 0 Å². The number of unbranched alkanes of at least 4 members (excludes halogenated alkanes) is 1. The van der Waals surface area contributed by atoms with Crippen LogP contribution in [0.2, 0.25) is 0 Å². The standard InChI is InChI=1S/C15H30N2O/c1-18-12-5-4-11-17-15-9-6-7-13(15)14-8-2-3-10-16-14/h13-17H,2-12H2,1H3. The van der Waals surface area contributed by atoms with E-state index < -0.39 is 0 Å². The molecule has 1 saturated carbocycles. The lowest BCUT2D eigenvalue weighted by molar-refractivity contribution is 0.191. The highest BCUT2D eigenvalue weighted by Crippen LogP contribution is 2.31. The van der Waals surface area contributed by atoms with Crippen molar-refractivity contribution < 1.29 is 4.74 Å². The van der Waals surface area contributed by atoms with E-state index in [9.17, 15) is 0 Å². The average molecular weight is 254 g/mol. The molecule has 3 nitrogen and oxygen atoms in total. The lowest BCUT2D eigenvalue weighted by atomic mass is 9.88. The van der Waals surface area contributed by atoms with Crippen LogP contribution >= 0.6 is 0 Å². The van der Waals surface area contributed by atoms with Crippen LogP contribution in [0.15, 0.2) is 0 Å². The van der Waals surface area contributed by atoms with Gasteiger partial charge >= 0.3 is 0 Å². The highest BCUT2D eigenvalue weighted by molar-refractivity contribution is 4.92. The number of methoxy groups -OCH3 is 1. The minimum atomic E-state index is 0.767. The number of nitrogens with one attached hydrogen (secondary N) is 2. The molecule has 1 saturated heterocycles. The van der Waals surface area contributed by atoms with Crippen LogP contribution in [0, 0.1) is 5.92 Å². The Hall–Kier alpha value is -0.120. The molecule has 1 aliphatic carbocycles. The summed E-state index contributed by atoms with van der Waals surface area (Å²) in [4.78, 5) is 0. The molecule has 1 aliphatic heterocycles. The Bertz CT molecular complexity index is 217. The first-order chi connectivity index (χ1) is 8.92. The van der Waals surface area contributed by atoms with E-state index in [0.29, 0.717) is 0 Å². The number of rotatable bonds is 7. The Morgan fingerprint density at radius 1 is 1.11 bits per heavy atom. The SMILES string of the molecule is COCCCCNC1CCCC1C1CCCCN1. The summed E-state index contributed by atoms with van der Waals surface area (Å²) in [5.74, 6) is 0.882. The first-order valence-electron chi connectivity index (χ1n) is 7.87. The van der Waals surface area contributed by atoms with Gasteiger partial charge in [0.15, 0.2) is 0 Å². The van der Waals surface area contributed by atoms with E-state index in [1.54, 1.807) is 7.11 Å². The summed E-state index contributed by atoms with van der Waals surface area (Å²) in [7, 11) is 1.79. The largest absolute Gasteiger partial charge is 0.385 e. The maximum atomic E-state index is 5.09. The van der Waals surface area contributed by atoms with Gasteiger partial charge in [0.2, 0.25) is 0 Å². The fraction of sp³-hybridized carbons (Fsp3) is 1.00. The van der Waals surface area contributed by atoms with Crippen LogP contribution in [0.1, 0.15) is 51.4 Å². The van der Waals surface area contributed by atoms with Crippen molar-refractivity contribution in [1.82, 2.24) is 10.6 Å². The third kappa shape index (κ3) is 4.22. The molecular weight excluding hydrogens is 224 g/mol. The third-order valence-electron chi connectivity index (χ3n) is 4.62. The van der Waals surface area contributed by atoms with E-state index in [1.165, 1.54) is 57.9 Å². The van der Waals surface area contributed by atoms with Gasteiger partial charge in [-0.2, -0.15) is 0 Å². The Morgan fingerprint density at radius 3 is 2.83 bits per heavy atom. The quantitative estimate of drug-likeness (QED) is 0.684. The molecule has 106 valence electrons. The second-order valence-electron chi connectivity index (χ2n) is 5.91. The summed E-state index contributed by atoms with van der Waals surface area (Å²) in [5, 5.41) is 7.53. The summed E-state index contributed by atoms with van der Waals surface area (Å²) in [6, 6.07) is 1.56. The number of piperidine rings is 1. The molecule has 18 heavy (non-hydrogen) atoms. The van der Waals surface area contributed by atoms with Crippen molar-refractivity contribution in [3.8, 4) is 0 Å². The maximum absolute atomic E-state index is 5.09. The molecule has 2 aliphatic rings. The first kappa shape index (κ1) is 14.3. The predicted molar refractivity (Wildman–Crippen MR) is 75.9 cm³/mol. The highest BCUT2D eigenvalue weighted by Gasteiger charge is 2.33. The van der Waals surface area contributed by atoms with Crippen LogP contribution in [0.5, 0.6) is 0 Å². The van der Waals surface area contributed by atoms with Gasteiger partial charge in [0, 0.05) is 25.8 Å². The van der Waals surface area contributed by atoms with Gasteiger partial charge in [-0.1, -0.05) is 12.8 Å². The summed E-state index contributed by atoms with van der Waals surface area (Å²) < 4.78 is 5.09. The number of hydrogen-bond acceptors (Lipinski definition) is 3. The molecular formula is C15H30N2O. The third-order valence-corrected chi connectivity index (χ3v) is 4.62. The van der Waals surface area contributed by atoms with Gasteiger partial charge in [-0.05, 0) is 57.5 Å². The molecule has 3 unspecified atom stereocenters. The monoisotopic (exact) mass is 254 g/mol. The topological polar surface area (TPSA) is 33.3 Å². The number of hydrogen-bond donors (Lipinski definition) is 2. The summed E-state index contributed by atoms with van der Waals surface area (Å²) in [5.41, 5.74) is 0. The molecule has 2 rings (SSSR count). The van der Waals surface area contributed by atoms with Crippen molar-refractivity contribution in [3.63, 3.8) is 0 Å². The van der Waals surface area contributed by atoms with Crippen LogP contribution in [0.3, 0.4) is 0 Å². The molecule has 0 aromatic rings. The fourth-order valence-electron chi connectivity index (χ4n) is 3.63. The van der Waals surface area contributed by atoms with E-state index in [1.807, 2.05) is 0 Å². The van der Waals surface area contributed by atoms with Crippen molar-refractivity contribution in [1.29, 1.82) is 0 Å².